The zero-order chi connectivity index (χ0) is 12.3. The Balaban J connectivity index is 2.06. The predicted molar refractivity (Wildman–Crippen MR) is 69.4 cm³/mol. The highest BCUT2D eigenvalue weighted by atomic mass is 32.1. The van der Waals surface area contributed by atoms with Crippen LogP contribution in [-0.4, -0.2) is 41.0 Å². The lowest BCUT2D eigenvalue weighted by Gasteiger charge is -2.44. The Hall–Kier alpha value is -0.650. The SMILES string of the molecule is CCC[C@]1(CO)CCN(c2nccs2)C[C@H]1O. The summed E-state index contributed by atoms with van der Waals surface area (Å²) in [6, 6.07) is 0. The molecular formula is C12H20N2O2S. The molecule has 0 spiro atoms. The third-order valence-electron chi connectivity index (χ3n) is 3.73. The first-order valence-electron chi connectivity index (χ1n) is 6.15. The third-order valence-corrected chi connectivity index (χ3v) is 4.56. The Kier molecular flexibility index (Phi) is 4.01. The minimum Gasteiger partial charge on any atom is -0.396 e. The van der Waals surface area contributed by atoms with Crippen LogP contribution in [0.4, 0.5) is 5.13 Å². The van der Waals surface area contributed by atoms with E-state index < -0.39 is 6.10 Å². The van der Waals surface area contributed by atoms with Gasteiger partial charge in [0.25, 0.3) is 0 Å². The first kappa shape index (κ1) is 12.8. The zero-order valence-corrected chi connectivity index (χ0v) is 11.0. The molecule has 1 saturated heterocycles. The van der Waals surface area contributed by atoms with Gasteiger partial charge in [-0.1, -0.05) is 13.3 Å². The minimum atomic E-state index is -0.468. The molecule has 1 aromatic heterocycles. The summed E-state index contributed by atoms with van der Waals surface area (Å²) < 4.78 is 0. The maximum absolute atomic E-state index is 10.3. The highest BCUT2D eigenvalue weighted by Crippen LogP contribution is 2.37. The minimum absolute atomic E-state index is 0.0771. The molecule has 0 amide bonds. The van der Waals surface area contributed by atoms with Crippen molar-refractivity contribution in [3.8, 4) is 0 Å². The van der Waals surface area contributed by atoms with E-state index in [1.54, 1.807) is 17.5 Å². The Bertz CT molecular complexity index is 344. The molecule has 5 heteroatoms. The van der Waals surface area contributed by atoms with Crippen molar-refractivity contribution in [2.24, 2.45) is 5.41 Å². The third kappa shape index (κ3) is 2.46. The molecule has 1 aliphatic rings. The second-order valence-electron chi connectivity index (χ2n) is 4.80. The Morgan fingerprint density at radius 3 is 3.00 bits per heavy atom. The molecule has 2 heterocycles. The van der Waals surface area contributed by atoms with Crippen molar-refractivity contribution >= 4 is 16.5 Å². The normalized spacial score (nSPS) is 29.6. The molecule has 2 atom stereocenters. The van der Waals surface area contributed by atoms with Gasteiger partial charge >= 0.3 is 0 Å². The summed E-state index contributed by atoms with van der Waals surface area (Å²) in [6.07, 6.45) is 4.03. The zero-order valence-electron chi connectivity index (χ0n) is 10.2. The molecule has 96 valence electrons. The molecule has 0 bridgehead atoms. The summed E-state index contributed by atoms with van der Waals surface area (Å²) in [5.41, 5.74) is -0.303. The predicted octanol–water partition coefficient (Wildman–Crippen LogP) is 1.49. The molecule has 2 rings (SSSR count). The van der Waals surface area contributed by atoms with Crippen LogP contribution in [0, 0.1) is 5.41 Å². The summed E-state index contributed by atoms with van der Waals surface area (Å²) in [7, 11) is 0. The summed E-state index contributed by atoms with van der Waals surface area (Å²) >= 11 is 1.59. The molecule has 4 nitrogen and oxygen atoms in total. The lowest BCUT2D eigenvalue weighted by atomic mass is 9.73. The number of thiazole rings is 1. The van der Waals surface area contributed by atoms with Gasteiger partial charge in [0.1, 0.15) is 0 Å². The topological polar surface area (TPSA) is 56.6 Å². The van der Waals surface area contributed by atoms with E-state index in [9.17, 15) is 10.2 Å². The van der Waals surface area contributed by atoms with Crippen molar-refractivity contribution in [1.29, 1.82) is 0 Å². The molecule has 0 saturated carbocycles. The molecule has 0 aromatic carbocycles. The average Bonchev–Trinajstić information content (AvgIpc) is 2.85. The largest absolute Gasteiger partial charge is 0.396 e. The Labute approximate surface area is 106 Å². The van der Waals surface area contributed by atoms with Crippen LogP contribution >= 0.6 is 11.3 Å². The Morgan fingerprint density at radius 1 is 1.65 bits per heavy atom. The molecule has 17 heavy (non-hydrogen) atoms. The number of hydrogen-bond donors (Lipinski definition) is 2. The van der Waals surface area contributed by atoms with E-state index in [0.717, 1.165) is 30.9 Å². The highest BCUT2D eigenvalue weighted by Gasteiger charge is 2.41. The van der Waals surface area contributed by atoms with Crippen LogP contribution in [0.3, 0.4) is 0 Å². The molecule has 2 N–H and O–H groups in total. The first-order chi connectivity index (χ1) is 8.22. The first-order valence-corrected chi connectivity index (χ1v) is 7.03. The number of piperidine rings is 1. The lowest BCUT2D eigenvalue weighted by molar-refractivity contribution is -0.0370. The standard InChI is InChI=1S/C12H20N2O2S/c1-2-3-12(9-15)4-6-14(8-10(12)16)11-13-5-7-17-11/h5,7,10,15-16H,2-4,6,8-9H2,1H3/t10-,12-/m1/s1. The van der Waals surface area contributed by atoms with Crippen molar-refractivity contribution in [3.05, 3.63) is 11.6 Å². The molecule has 1 fully saturated rings. The lowest BCUT2D eigenvalue weighted by Crippen LogP contribution is -2.52. The van der Waals surface area contributed by atoms with Crippen molar-refractivity contribution in [2.75, 3.05) is 24.6 Å². The summed E-state index contributed by atoms with van der Waals surface area (Å²) in [5, 5.41) is 22.8. The smallest absolute Gasteiger partial charge is 0.185 e. The van der Waals surface area contributed by atoms with E-state index in [2.05, 4.69) is 16.8 Å². The van der Waals surface area contributed by atoms with Gasteiger partial charge in [-0.15, -0.1) is 11.3 Å². The van der Waals surface area contributed by atoms with Crippen molar-refractivity contribution < 1.29 is 10.2 Å². The molecule has 0 unspecified atom stereocenters. The van der Waals surface area contributed by atoms with Crippen LogP contribution in [-0.2, 0) is 0 Å². The highest BCUT2D eigenvalue weighted by molar-refractivity contribution is 7.13. The van der Waals surface area contributed by atoms with Gasteiger partial charge in [-0.2, -0.15) is 0 Å². The number of aliphatic hydroxyl groups is 2. The monoisotopic (exact) mass is 256 g/mol. The number of aromatic nitrogens is 1. The molecule has 1 aromatic rings. The van der Waals surface area contributed by atoms with Gasteiger partial charge in [0.05, 0.1) is 12.7 Å². The maximum atomic E-state index is 10.3. The number of β-amino-alcohol motifs (C(OH)–C–C–N with tert-alkyl or cyclic N) is 1. The second-order valence-corrected chi connectivity index (χ2v) is 5.67. The molecule has 0 radical (unpaired) electrons. The van der Waals surface area contributed by atoms with Crippen molar-refractivity contribution in [3.63, 3.8) is 0 Å². The van der Waals surface area contributed by atoms with Gasteiger partial charge in [0.2, 0.25) is 0 Å². The second kappa shape index (κ2) is 5.33. The number of anilines is 1. The number of hydrogen-bond acceptors (Lipinski definition) is 5. The Morgan fingerprint density at radius 2 is 2.47 bits per heavy atom. The van der Waals surface area contributed by atoms with Gasteiger partial charge in [-0.25, -0.2) is 4.98 Å². The molecule has 0 aliphatic carbocycles. The van der Waals surface area contributed by atoms with E-state index in [0.29, 0.717) is 6.54 Å². The van der Waals surface area contributed by atoms with Crippen LogP contribution in [0.1, 0.15) is 26.2 Å². The van der Waals surface area contributed by atoms with E-state index in [-0.39, 0.29) is 12.0 Å². The summed E-state index contributed by atoms with van der Waals surface area (Å²) in [5.74, 6) is 0. The van der Waals surface area contributed by atoms with Gasteiger partial charge in [-0.05, 0) is 12.8 Å². The maximum Gasteiger partial charge on any atom is 0.185 e. The quantitative estimate of drug-likeness (QED) is 0.857. The van der Waals surface area contributed by atoms with Crippen molar-refractivity contribution in [2.45, 2.75) is 32.3 Å². The van der Waals surface area contributed by atoms with Gasteiger partial charge in [0, 0.05) is 30.1 Å². The van der Waals surface area contributed by atoms with Gasteiger partial charge < -0.3 is 15.1 Å². The fourth-order valence-corrected chi connectivity index (χ4v) is 3.30. The molecular weight excluding hydrogens is 236 g/mol. The summed E-state index contributed by atoms with van der Waals surface area (Å²) in [4.78, 5) is 6.37. The van der Waals surface area contributed by atoms with E-state index in [4.69, 9.17) is 0 Å². The summed E-state index contributed by atoms with van der Waals surface area (Å²) in [6.45, 7) is 3.62. The van der Waals surface area contributed by atoms with Crippen molar-refractivity contribution in [1.82, 2.24) is 4.98 Å². The van der Waals surface area contributed by atoms with E-state index in [1.807, 2.05) is 5.38 Å². The van der Waals surface area contributed by atoms with Crippen LogP contribution in [0.25, 0.3) is 0 Å². The van der Waals surface area contributed by atoms with Crippen LogP contribution in [0.5, 0.6) is 0 Å². The fourth-order valence-electron chi connectivity index (χ4n) is 2.62. The van der Waals surface area contributed by atoms with Crippen LogP contribution in [0.15, 0.2) is 11.6 Å². The number of aliphatic hydroxyl groups excluding tert-OH is 2. The van der Waals surface area contributed by atoms with Crippen LogP contribution < -0.4 is 4.90 Å². The number of nitrogens with zero attached hydrogens (tertiary/aromatic N) is 2. The molecule has 1 aliphatic heterocycles. The average molecular weight is 256 g/mol. The van der Waals surface area contributed by atoms with Gasteiger partial charge in [0.15, 0.2) is 5.13 Å². The van der Waals surface area contributed by atoms with E-state index >= 15 is 0 Å². The fraction of sp³-hybridized carbons (Fsp3) is 0.750. The van der Waals surface area contributed by atoms with Gasteiger partial charge in [-0.3, -0.25) is 0 Å². The van der Waals surface area contributed by atoms with E-state index in [1.165, 1.54) is 0 Å². The number of rotatable bonds is 4. The van der Waals surface area contributed by atoms with Crippen LogP contribution in [0.2, 0.25) is 0 Å².